The van der Waals surface area contributed by atoms with E-state index < -0.39 is 34.7 Å². The van der Waals surface area contributed by atoms with Crippen molar-refractivity contribution in [2.45, 2.75) is 20.8 Å². The molecular weight excluding hydrogens is 586 g/mol. The van der Waals surface area contributed by atoms with Gasteiger partial charge in [0.25, 0.3) is 11.8 Å². The number of benzene rings is 2. The van der Waals surface area contributed by atoms with E-state index in [4.69, 9.17) is 0 Å². The number of aldehydes is 2. The molecule has 0 radical (unpaired) electrons. The van der Waals surface area contributed by atoms with Gasteiger partial charge < -0.3 is 9.59 Å². The maximum Gasteiger partial charge on any atom is 0.446 e. The summed E-state index contributed by atoms with van der Waals surface area (Å²) < 4.78 is 73.2. The van der Waals surface area contributed by atoms with Crippen LogP contribution in [0.15, 0.2) is 68.5 Å². The van der Waals surface area contributed by atoms with Crippen molar-refractivity contribution in [3.63, 3.8) is 0 Å². The maximum atomic E-state index is 12.2. The number of alkyl halides is 6. The molecule has 0 bridgehead atoms. The molecule has 4 rings (SSSR count). The molecule has 2 aliphatic rings. The highest BCUT2D eigenvalue weighted by Crippen LogP contribution is 2.38. The Balaban J connectivity index is 0.000000220. The molecule has 212 valence electrons. The van der Waals surface area contributed by atoms with Gasteiger partial charge in [0.2, 0.25) is 0 Å². The molecule has 0 aliphatic carbocycles. The van der Waals surface area contributed by atoms with Crippen molar-refractivity contribution in [3.8, 4) is 0 Å². The number of hydrazone groups is 2. The molecule has 8 nitrogen and oxygen atoms in total. The summed E-state index contributed by atoms with van der Waals surface area (Å²) in [5.74, 6) is -2.91. The van der Waals surface area contributed by atoms with E-state index in [1.54, 1.807) is 0 Å². The second kappa shape index (κ2) is 12.2. The van der Waals surface area contributed by atoms with E-state index in [0.29, 0.717) is 23.7 Å². The average molecular weight is 605 g/mol. The third-order valence-corrected chi connectivity index (χ3v) is 6.79. The molecule has 2 aliphatic heterocycles. The Kier molecular flexibility index (Phi) is 9.45. The van der Waals surface area contributed by atoms with E-state index in [9.17, 15) is 45.5 Å². The van der Waals surface area contributed by atoms with Crippen LogP contribution in [-0.2, 0) is 19.2 Å². The number of carbonyl (C=O) groups is 4. The highest BCUT2D eigenvalue weighted by atomic mass is 32.2. The summed E-state index contributed by atoms with van der Waals surface area (Å²) in [6, 6.07) is 10.8. The van der Waals surface area contributed by atoms with E-state index in [2.05, 4.69) is 10.2 Å². The molecule has 0 aromatic heterocycles. The van der Waals surface area contributed by atoms with E-state index >= 15 is 0 Å². The van der Waals surface area contributed by atoms with Gasteiger partial charge in [0.1, 0.15) is 24.4 Å². The van der Waals surface area contributed by atoms with Gasteiger partial charge in [-0.3, -0.25) is 9.59 Å². The molecule has 2 aromatic carbocycles. The van der Waals surface area contributed by atoms with Crippen LogP contribution in [0.2, 0.25) is 0 Å². The molecule has 16 heteroatoms. The fraction of sp³-hybridized carbons (Fsp3) is 0.250. The van der Waals surface area contributed by atoms with Gasteiger partial charge >= 0.3 is 11.0 Å². The quantitative estimate of drug-likeness (QED) is 0.207. The zero-order valence-electron chi connectivity index (χ0n) is 20.4. The number of hydrogen-bond donors (Lipinski definition) is 0. The van der Waals surface area contributed by atoms with Gasteiger partial charge in [-0.15, -0.1) is 0 Å². The summed E-state index contributed by atoms with van der Waals surface area (Å²) in [4.78, 5) is 45.1. The van der Waals surface area contributed by atoms with Gasteiger partial charge in [-0.2, -0.15) is 36.5 Å². The topological polar surface area (TPSA) is 99.5 Å². The standard InChI is InChI=1S/2C12H9F3N2O2S/c2*1-17-11(19)9(6-18)10(16-17)7-2-4-8(5-3-7)20-12(13,14)15/h2*2-6,9H,1H3. The lowest BCUT2D eigenvalue weighted by molar-refractivity contribution is -0.133. The summed E-state index contributed by atoms with van der Waals surface area (Å²) in [7, 11) is 2.83. The number of carbonyl (C=O) groups excluding carboxylic acids is 4. The van der Waals surface area contributed by atoms with E-state index in [1.165, 1.54) is 62.6 Å². The third-order valence-electron chi connectivity index (χ3n) is 5.31. The Hall–Kier alpha value is -3.66. The van der Waals surface area contributed by atoms with Gasteiger partial charge in [0, 0.05) is 23.9 Å². The summed E-state index contributed by atoms with van der Waals surface area (Å²) in [6.45, 7) is 0. The lowest BCUT2D eigenvalue weighted by atomic mass is 9.98. The first kappa shape index (κ1) is 30.9. The number of nitrogens with zero attached hydrogens (tertiary/aromatic N) is 4. The van der Waals surface area contributed by atoms with Crippen LogP contribution in [0.4, 0.5) is 26.3 Å². The van der Waals surface area contributed by atoms with E-state index in [0.717, 1.165) is 10.0 Å². The van der Waals surface area contributed by atoms with E-state index in [1.807, 2.05) is 0 Å². The fourth-order valence-corrected chi connectivity index (χ4v) is 4.64. The lowest BCUT2D eigenvalue weighted by Crippen LogP contribution is -2.26. The average Bonchev–Trinajstić information content (AvgIpc) is 3.32. The van der Waals surface area contributed by atoms with Gasteiger partial charge in [-0.25, -0.2) is 10.0 Å². The highest BCUT2D eigenvalue weighted by Gasteiger charge is 2.36. The molecule has 2 heterocycles. The Morgan fingerprint density at radius 2 is 0.950 bits per heavy atom. The van der Waals surface area contributed by atoms with E-state index in [-0.39, 0.29) is 44.7 Å². The molecule has 2 amide bonds. The van der Waals surface area contributed by atoms with Crippen LogP contribution in [0.25, 0.3) is 0 Å². The first-order chi connectivity index (χ1) is 18.6. The predicted octanol–water partition coefficient (Wildman–Crippen LogP) is 4.58. The zero-order chi connectivity index (χ0) is 29.8. The number of hydrogen-bond acceptors (Lipinski definition) is 8. The number of halogens is 6. The van der Waals surface area contributed by atoms with Crippen molar-refractivity contribution in [2.24, 2.45) is 22.0 Å². The van der Waals surface area contributed by atoms with Gasteiger partial charge in [-0.05, 0) is 58.9 Å². The molecule has 2 aromatic rings. The molecular formula is C24H18F6N4O4S2. The van der Waals surface area contributed by atoms with Crippen molar-refractivity contribution in [2.75, 3.05) is 14.1 Å². The van der Waals surface area contributed by atoms with Crippen LogP contribution < -0.4 is 0 Å². The van der Waals surface area contributed by atoms with Crippen LogP contribution >= 0.6 is 23.5 Å². The van der Waals surface area contributed by atoms with Crippen molar-refractivity contribution >= 4 is 59.3 Å². The van der Waals surface area contributed by atoms with Crippen LogP contribution in [0.3, 0.4) is 0 Å². The van der Waals surface area contributed by atoms with Gasteiger partial charge in [-0.1, -0.05) is 24.3 Å². The monoisotopic (exact) mass is 604 g/mol. The smallest absolute Gasteiger partial charge is 0.302 e. The highest BCUT2D eigenvalue weighted by molar-refractivity contribution is 8.00. The minimum absolute atomic E-state index is 0.0298. The van der Waals surface area contributed by atoms with Crippen LogP contribution in [0.1, 0.15) is 11.1 Å². The minimum atomic E-state index is -4.35. The summed E-state index contributed by atoms with van der Waals surface area (Å²) in [6.07, 6.45) is 0.950. The largest absolute Gasteiger partial charge is 0.446 e. The molecule has 40 heavy (non-hydrogen) atoms. The first-order valence-electron chi connectivity index (χ1n) is 11.0. The Morgan fingerprint density at radius 1 is 0.650 bits per heavy atom. The summed E-state index contributed by atoms with van der Waals surface area (Å²) in [5, 5.41) is 9.97. The zero-order valence-corrected chi connectivity index (χ0v) is 22.1. The summed E-state index contributed by atoms with van der Waals surface area (Å²) >= 11 is -0.454. The number of thioether (sulfide) groups is 2. The Labute approximate surface area is 231 Å². The second-order valence-corrected chi connectivity index (χ2v) is 10.3. The number of amides is 2. The molecule has 0 N–H and O–H groups in total. The molecule has 2 atom stereocenters. The summed E-state index contributed by atoms with van der Waals surface area (Å²) in [5.41, 5.74) is -7.31. The minimum Gasteiger partial charge on any atom is -0.302 e. The normalized spacial score (nSPS) is 19.2. The Bertz CT molecular complexity index is 1240. The van der Waals surface area contributed by atoms with Gasteiger partial charge in [0.05, 0.1) is 11.4 Å². The van der Waals surface area contributed by atoms with Gasteiger partial charge in [0.15, 0.2) is 0 Å². The van der Waals surface area contributed by atoms with Crippen LogP contribution in [0.5, 0.6) is 0 Å². The van der Waals surface area contributed by atoms with Crippen LogP contribution in [0, 0.1) is 11.8 Å². The van der Waals surface area contributed by atoms with Crippen molar-refractivity contribution in [1.82, 2.24) is 10.0 Å². The lowest BCUT2D eigenvalue weighted by Gasteiger charge is -2.07. The van der Waals surface area contributed by atoms with Crippen LogP contribution in [-0.4, -0.2) is 70.9 Å². The number of rotatable bonds is 6. The molecule has 0 fully saturated rings. The second-order valence-electron chi connectivity index (χ2n) is 8.07. The predicted molar refractivity (Wildman–Crippen MR) is 134 cm³/mol. The fourth-order valence-electron chi connectivity index (χ4n) is 3.56. The van der Waals surface area contributed by atoms with Crippen molar-refractivity contribution < 1.29 is 45.5 Å². The SMILES string of the molecule is CN1N=C(c2ccc(SC(F)(F)F)cc2)C(C=O)C1=O.CN1N=C(c2ccc(SC(F)(F)F)cc2)C(C=O)C1=O. The first-order valence-corrected chi connectivity index (χ1v) is 12.6. The third kappa shape index (κ3) is 7.71. The van der Waals surface area contributed by atoms with Crippen molar-refractivity contribution in [1.29, 1.82) is 0 Å². The maximum absolute atomic E-state index is 12.2. The molecule has 2 unspecified atom stereocenters. The molecule has 0 spiro atoms. The van der Waals surface area contributed by atoms with Crippen molar-refractivity contribution in [3.05, 3.63) is 59.7 Å². The Morgan fingerprint density at radius 3 is 1.20 bits per heavy atom. The molecule has 0 saturated heterocycles. The molecule has 0 saturated carbocycles.